The van der Waals surface area contributed by atoms with Crippen molar-refractivity contribution in [1.82, 2.24) is 16.0 Å². The first-order valence-corrected chi connectivity index (χ1v) is 16.1. The first-order chi connectivity index (χ1) is 22.0. The van der Waals surface area contributed by atoms with Crippen LogP contribution in [0.1, 0.15) is 57.8 Å². The molecule has 2 aliphatic rings. The van der Waals surface area contributed by atoms with Gasteiger partial charge in [-0.15, -0.1) is 0 Å². The molecule has 248 valence electrons. The van der Waals surface area contributed by atoms with E-state index in [0.717, 1.165) is 5.56 Å². The van der Waals surface area contributed by atoms with Crippen molar-refractivity contribution in [3.63, 3.8) is 0 Å². The maximum absolute atomic E-state index is 13.6. The second-order valence-electron chi connectivity index (χ2n) is 12.5. The van der Waals surface area contributed by atoms with Gasteiger partial charge in [-0.3, -0.25) is 19.2 Å². The molecule has 46 heavy (non-hydrogen) atoms. The minimum absolute atomic E-state index is 0.0428. The van der Waals surface area contributed by atoms with E-state index >= 15 is 0 Å². The zero-order valence-corrected chi connectivity index (χ0v) is 27.7. The Morgan fingerprint density at radius 1 is 1.00 bits per heavy atom. The molecule has 11 heteroatoms. The molecule has 0 aromatic heterocycles. The van der Waals surface area contributed by atoms with Gasteiger partial charge >= 0.3 is 5.97 Å². The van der Waals surface area contributed by atoms with E-state index in [1.807, 2.05) is 51.1 Å². The minimum Gasteiger partial charge on any atom is -0.495 e. The number of epoxide rings is 1. The molecule has 2 aromatic carbocycles. The summed E-state index contributed by atoms with van der Waals surface area (Å²) in [4.78, 5) is 53.1. The zero-order valence-electron chi connectivity index (χ0n) is 27.0. The molecule has 4 rings (SSSR count). The van der Waals surface area contributed by atoms with E-state index in [4.69, 9.17) is 25.8 Å². The molecule has 2 aliphatic heterocycles. The second-order valence-corrected chi connectivity index (χ2v) is 12.9. The van der Waals surface area contributed by atoms with Crippen molar-refractivity contribution in [3.8, 4) is 5.75 Å². The van der Waals surface area contributed by atoms with Crippen molar-refractivity contribution in [2.45, 2.75) is 77.4 Å². The number of cyclic esters (lactones) is 1. The van der Waals surface area contributed by atoms with Crippen LogP contribution in [-0.2, 0) is 35.1 Å². The molecule has 2 heterocycles. The van der Waals surface area contributed by atoms with Gasteiger partial charge in [0.15, 0.2) is 6.10 Å². The number of amides is 3. The fourth-order valence-electron chi connectivity index (χ4n) is 5.52. The highest BCUT2D eigenvalue weighted by atomic mass is 35.5. The van der Waals surface area contributed by atoms with E-state index in [0.29, 0.717) is 29.2 Å². The van der Waals surface area contributed by atoms with Crippen molar-refractivity contribution < 1.29 is 33.4 Å². The number of nitrogens with one attached hydrogen (secondary N) is 3. The highest BCUT2D eigenvalue weighted by molar-refractivity contribution is 6.32. The Hall–Kier alpha value is -3.89. The molecule has 0 unspecified atom stereocenters. The maximum Gasteiger partial charge on any atom is 0.311 e. The lowest BCUT2D eigenvalue weighted by atomic mass is 9.91. The van der Waals surface area contributed by atoms with Gasteiger partial charge in [0.2, 0.25) is 11.8 Å². The number of carbonyl (C=O) groups is 4. The Balaban J connectivity index is 1.58. The van der Waals surface area contributed by atoms with Crippen LogP contribution < -0.4 is 20.7 Å². The molecule has 1 fully saturated rings. The highest BCUT2D eigenvalue weighted by Crippen LogP contribution is 2.44. The lowest BCUT2D eigenvalue weighted by Gasteiger charge is -2.27. The summed E-state index contributed by atoms with van der Waals surface area (Å²) in [5, 5.41) is 8.99. The van der Waals surface area contributed by atoms with E-state index in [1.54, 1.807) is 31.2 Å². The second kappa shape index (κ2) is 16.1. The normalized spacial score (nSPS) is 27.5. The molecule has 0 saturated carbocycles. The van der Waals surface area contributed by atoms with E-state index < -0.39 is 47.8 Å². The Bertz CT molecular complexity index is 1420. The van der Waals surface area contributed by atoms with E-state index in [-0.39, 0.29) is 37.0 Å². The molecular weight excluding hydrogens is 610 g/mol. The summed E-state index contributed by atoms with van der Waals surface area (Å²) in [6, 6.07) is 13.6. The van der Waals surface area contributed by atoms with Gasteiger partial charge in [0.25, 0.3) is 5.91 Å². The number of benzene rings is 2. The summed E-state index contributed by atoms with van der Waals surface area (Å²) < 4.78 is 17.0. The lowest BCUT2D eigenvalue weighted by Crippen LogP contribution is -2.50. The third-order valence-corrected chi connectivity index (χ3v) is 8.60. The summed E-state index contributed by atoms with van der Waals surface area (Å²) >= 11 is 6.30. The average molecular weight is 654 g/mol. The van der Waals surface area contributed by atoms with Crippen molar-refractivity contribution in [2.24, 2.45) is 17.8 Å². The van der Waals surface area contributed by atoms with Crippen LogP contribution in [0.5, 0.6) is 5.75 Å². The predicted octanol–water partition coefficient (Wildman–Crippen LogP) is 4.31. The number of halogens is 1. The van der Waals surface area contributed by atoms with Crippen LogP contribution in [0, 0.1) is 17.8 Å². The first-order valence-electron chi connectivity index (χ1n) is 15.7. The van der Waals surface area contributed by atoms with Crippen LogP contribution in [0.4, 0.5) is 0 Å². The van der Waals surface area contributed by atoms with Crippen molar-refractivity contribution in [1.29, 1.82) is 0 Å². The number of esters is 1. The Labute approximate surface area is 275 Å². The summed E-state index contributed by atoms with van der Waals surface area (Å²) in [5.74, 6) is -2.26. The van der Waals surface area contributed by atoms with Gasteiger partial charge in [0.1, 0.15) is 17.9 Å². The van der Waals surface area contributed by atoms with Gasteiger partial charge in [0, 0.05) is 24.9 Å². The van der Waals surface area contributed by atoms with Crippen molar-refractivity contribution in [2.75, 3.05) is 13.7 Å². The minimum atomic E-state index is -1.02. The maximum atomic E-state index is 13.6. The predicted molar refractivity (Wildman–Crippen MR) is 174 cm³/mol. The van der Waals surface area contributed by atoms with Crippen LogP contribution >= 0.6 is 11.6 Å². The summed E-state index contributed by atoms with van der Waals surface area (Å²) in [6.07, 6.45) is 2.58. The Morgan fingerprint density at radius 3 is 2.41 bits per heavy atom. The molecule has 1 saturated heterocycles. The molecule has 10 nitrogen and oxygen atoms in total. The van der Waals surface area contributed by atoms with Crippen molar-refractivity contribution >= 4 is 35.3 Å². The molecule has 3 amide bonds. The molecule has 0 radical (unpaired) electrons. The summed E-state index contributed by atoms with van der Waals surface area (Å²) in [6.45, 7) is 7.47. The lowest BCUT2D eigenvalue weighted by molar-refractivity contribution is -0.160. The van der Waals surface area contributed by atoms with Crippen LogP contribution in [-0.4, -0.2) is 61.6 Å². The number of hydrogen-bond acceptors (Lipinski definition) is 7. The number of rotatable bonds is 8. The van der Waals surface area contributed by atoms with Gasteiger partial charge in [-0.05, 0) is 48.1 Å². The number of carbonyl (C=O) groups excluding carboxylic acids is 4. The molecule has 2 aromatic rings. The largest absolute Gasteiger partial charge is 0.495 e. The fourth-order valence-corrected chi connectivity index (χ4v) is 5.80. The SMILES string of the molecule is COc1ccc(C[C@H]2NC(=O)/C=C/C[C@@H]([C@H](C)[C@H]3O[C@@H]3c3ccccc3)NC(=O)[C@H](CC(C)C)OC(=O)[C@H](C)CNC2=O)cc1Cl. The van der Waals surface area contributed by atoms with Crippen LogP contribution in [0.15, 0.2) is 60.7 Å². The number of methoxy groups -OCH3 is 1. The molecule has 7 atom stereocenters. The third-order valence-electron chi connectivity index (χ3n) is 8.30. The van der Waals surface area contributed by atoms with Gasteiger partial charge in [0.05, 0.1) is 24.2 Å². The van der Waals surface area contributed by atoms with Gasteiger partial charge in [-0.25, -0.2) is 0 Å². The number of ether oxygens (including phenoxy) is 3. The Kier molecular flexibility index (Phi) is 12.2. The van der Waals surface area contributed by atoms with Gasteiger partial charge in [-0.2, -0.15) is 0 Å². The smallest absolute Gasteiger partial charge is 0.311 e. The molecular formula is C35H44ClN3O7. The molecule has 0 spiro atoms. The highest BCUT2D eigenvalue weighted by Gasteiger charge is 2.47. The quantitative estimate of drug-likeness (QED) is 0.286. The van der Waals surface area contributed by atoms with Gasteiger partial charge in [-0.1, -0.05) is 81.8 Å². The van der Waals surface area contributed by atoms with E-state index in [2.05, 4.69) is 16.0 Å². The van der Waals surface area contributed by atoms with E-state index in [1.165, 1.54) is 13.2 Å². The Morgan fingerprint density at radius 2 is 1.74 bits per heavy atom. The van der Waals surface area contributed by atoms with Crippen LogP contribution in [0.25, 0.3) is 0 Å². The summed E-state index contributed by atoms with van der Waals surface area (Å²) in [5.41, 5.74) is 1.76. The van der Waals surface area contributed by atoms with Crippen LogP contribution in [0.3, 0.4) is 0 Å². The molecule has 0 aliphatic carbocycles. The number of hydrogen-bond donors (Lipinski definition) is 3. The van der Waals surface area contributed by atoms with Crippen LogP contribution in [0.2, 0.25) is 5.02 Å². The average Bonchev–Trinajstić information content (AvgIpc) is 3.83. The van der Waals surface area contributed by atoms with Crippen molar-refractivity contribution in [3.05, 3.63) is 76.8 Å². The standard InChI is InChI=1S/C35H44ClN3O7/c1-20(2)16-29-34(42)39-26(22(4)31-32(46-31)24-10-7-6-8-11-24)12-9-13-30(40)38-27(33(41)37-19-21(3)35(43)45-29)18-23-14-15-28(44-5)25(36)17-23/h6-11,13-15,17,20-22,26-27,29,31-32H,12,16,18-19H2,1-5H3,(H,37,41)(H,38,40)(H,39,42)/b13-9+/t21-,22+,26+,27-,29+,31-,32-/m1/s1. The fraction of sp³-hybridized carbons (Fsp3) is 0.486. The molecule has 0 bridgehead atoms. The summed E-state index contributed by atoms with van der Waals surface area (Å²) in [7, 11) is 1.51. The third kappa shape index (κ3) is 9.56. The van der Waals surface area contributed by atoms with Gasteiger partial charge < -0.3 is 30.2 Å². The topological polar surface area (TPSA) is 135 Å². The molecule has 3 N–H and O–H groups in total. The monoisotopic (exact) mass is 653 g/mol. The first kappa shape index (κ1) is 35.0. The van der Waals surface area contributed by atoms with E-state index in [9.17, 15) is 19.2 Å². The zero-order chi connectivity index (χ0) is 33.4.